The third-order valence-corrected chi connectivity index (χ3v) is 9.12. The number of carbonyl (C=O) groups excluding carboxylic acids is 1. The molecule has 0 rings (SSSR count). The number of amides is 1. The molecule has 0 spiro atoms. The molecule has 4 nitrogen and oxygen atoms in total. The minimum absolute atomic E-state index is 0.00932. The van der Waals surface area contributed by atoms with Crippen LogP contribution in [0.2, 0.25) is 18.1 Å². The summed E-state index contributed by atoms with van der Waals surface area (Å²) in [6.07, 6.45) is 4.52. The van der Waals surface area contributed by atoms with E-state index >= 15 is 0 Å². The quantitative estimate of drug-likeness (QED) is 0.358. The summed E-state index contributed by atoms with van der Waals surface area (Å²) in [6.45, 7) is 16.9. The average Bonchev–Trinajstić information content (AvgIpc) is 2.41. The fourth-order valence-electron chi connectivity index (χ4n) is 2.02. The second kappa shape index (κ2) is 8.84. The van der Waals surface area contributed by atoms with Crippen LogP contribution in [-0.4, -0.2) is 39.5 Å². The molecule has 0 radical (unpaired) electrons. The summed E-state index contributed by atoms with van der Waals surface area (Å²) in [4.78, 5) is 17.2. The Hall–Kier alpha value is -0.653. The molecule has 1 amide bonds. The monoisotopic (exact) mass is 329 g/mol. The molecule has 0 N–H and O–H groups in total. The van der Waals surface area contributed by atoms with Gasteiger partial charge in [0.25, 0.3) is 0 Å². The minimum Gasteiger partial charge on any atom is -0.414 e. The topological polar surface area (TPSA) is 38.8 Å². The van der Waals surface area contributed by atoms with Gasteiger partial charge in [-0.25, -0.2) is 5.06 Å². The molecule has 0 aromatic carbocycles. The Morgan fingerprint density at radius 2 is 1.91 bits per heavy atom. The van der Waals surface area contributed by atoms with Crippen LogP contribution in [0.5, 0.6) is 0 Å². The molecule has 0 aromatic heterocycles. The molecule has 0 heterocycles. The normalized spacial score (nSPS) is 15.3. The zero-order valence-corrected chi connectivity index (χ0v) is 16.7. The second-order valence-electron chi connectivity index (χ2n) is 7.52. The first-order valence-corrected chi connectivity index (χ1v) is 11.0. The van der Waals surface area contributed by atoms with E-state index in [9.17, 15) is 4.79 Å². The Kier molecular flexibility index (Phi) is 8.58. The van der Waals surface area contributed by atoms with Crippen LogP contribution in [-0.2, 0) is 14.1 Å². The average molecular weight is 330 g/mol. The van der Waals surface area contributed by atoms with Crippen molar-refractivity contribution < 1.29 is 14.1 Å². The number of rotatable bonds is 9. The summed E-state index contributed by atoms with van der Waals surface area (Å²) in [5.41, 5.74) is 0. The Bertz CT molecular complexity index is 363. The lowest BCUT2D eigenvalue weighted by Gasteiger charge is -2.40. The molecule has 0 aliphatic heterocycles. The van der Waals surface area contributed by atoms with Crippen LogP contribution in [0.4, 0.5) is 0 Å². The van der Waals surface area contributed by atoms with Gasteiger partial charge in [0.15, 0.2) is 8.32 Å². The number of hydroxylamine groups is 2. The van der Waals surface area contributed by atoms with Gasteiger partial charge in [-0.15, -0.1) is 6.58 Å². The molecule has 0 aliphatic carbocycles. The maximum absolute atomic E-state index is 12.2. The van der Waals surface area contributed by atoms with Crippen molar-refractivity contribution in [3.8, 4) is 0 Å². The van der Waals surface area contributed by atoms with E-state index in [1.165, 1.54) is 12.2 Å². The van der Waals surface area contributed by atoms with Gasteiger partial charge in [-0.05, 0) is 37.4 Å². The van der Waals surface area contributed by atoms with Crippen LogP contribution in [0, 0.1) is 5.92 Å². The van der Waals surface area contributed by atoms with E-state index in [2.05, 4.69) is 40.4 Å². The Balaban J connectivity index is 4.92. The summed E-state index contributed by atoms with van der Waals surface area (Å²) in [6, 6.07) is 0. The van der Waals surface area contributed by atoms with Crippen LogP contribution in [0.3, 0.4) is 0 Å². The van der Waals surface area contributed by atoms with Crippen molar-refractivity contribution in [2.75, 3.05) is 14.2 Å². The lowest BCUT2D eigenvalue weighted by molar-refractivity contribution is -0.173. The fraction of sp³-hybridized carbons (Fsp3) is 0.824. The van der Waals surface area contributed by atoms with Gasteiger partial charge in [-0.3, -0.25) is 9.63 Å². The highest BCUT2D eigenvalue weighted by molar-refractivity contribution is 6.74. The van der Waals surface area contributed by atoms with Crippen LogP contribution in [0.25, 0.3) is 0 Å². The highest BCUT2D eigenvalue weighted by atomic mass is 28.4. The number of allylic oxidation sites excluding steroid dienone is 1. The molecule has 0 unspecified atom stereocenters. The van der Waals surface area contributed by atoms with Crippen molar-refractivity contribution in [1.29, 1.82) is 0 Å². The summed E-state index contributed by atoms with van der Waals surface area (Å²) in [5, 5.41) is 1.46. The van der Waals surface area contributed by atoms with Gasteiger partial charge in [-0.2, -0.15) is 0 Å². The predicted octanol–water partition coefficient (Wildman–Crippen LogP) is 4.39. The highest BCUT2D eigenvalue weighted by Gasteiger charge is 2.39. The molecule has 0 bridgehead atoms. The van der Waals surface area contributed by atoms with Gasteiger partial charge in [-0.1, -0.05) is 33.8 Å². The summed E-state index contributed by atoms with van der Waals surface area (Å²) in [7, 11) is 1.31. The molecular weight excluding hydrogens is 294 g/mol. The fourth-order valence-corrected chi connectivity index (χ4v) is 3.42. The van der Waals surface area contributed by atoms with Crippen molar-refractivity contribution in [3.63, 3.8) is 0 Å². The maximum Gasteiger partial charge on any atom is 0.248 e. The van der Waals surface area contributed by atoms with Crippen LogP contribution in [0.1, 0.15) is 47.0 Å². The van der Waals surface area contributed by atoms with E-state index in [0.717, 1.165) is 12.8 Å². The number of carbonyl (C=O) groups is 1. The number of hydrogen-bond acceptors (Lipinski definition) is 3. The standard InChI is InChI=1S/C17H35NO3Si/c1-10-11-12-15(21-22(8,9)17(3,4)5)13-14(2)16(19)18(6)20-7/h10,14-15H,1,11-13H2,2-9H3/t14-,15-/m1/s1. The van der Waals surface area contributed by atoms with Gasteiger partial charge in [0, 0.05) is 19.1 Å². The van der Waals surface area contributed by atoms with Crippen LogP contribution >= 0.6 is 0 Å². The summed E-state index contributed by atoms with van der Waals surface area (Å²) >= 11 is 0. The van der Waals surface area contributed by atoms with E-state index in [-0.39, 0.29) is 23.0 Å². The first kappa shape index (κ1) is 21.3. The Morgan fingerprint density at radius 3 is 2.32 bits per heavy atom. The van der Waals surface area contributed by atoms with E-state index < -0.39 is 8.32 Å². The van der Waals surface area contributed by atoms with Gasteiger partial charge in [0.05, 0.1) is 7.11 Å². The molecule has 0 aromatic rings. The summed E-state index contributed by atoms with van der Waals surface area (Å²) < 4.78 is 6.52. The predicted molar refractivity (Wildman–Crippen MR) is 95.1 cm³/mol. The minimum atomic E-state index is -1.85. The third-order valence-electron chi connectivity index (χ3n) is 4.58. The SMILES string of the molecule is C=CCC[C@H](C[C@@H](C)C(=O)N(C)OC)O[Si](C)(C)C(C)(C)C. The lowest BCUT2D eigenvalue weighted by Crippen LogP contribution is -2.45. The highest BCUT2D eigenvalue weighted by Crippen LogP contribution is 2.38. The lowest BCUT2D eigenvalue weighted by atomic mass is 10.00. The van der Waals surface area contributed by atoms with Crippen LogP contribution in [0.15, 0.2) is 12.7 Å². The molecule has 0 fully saturated rings. The zero-order chi connectivity index (χ0) is 17.6. The van der Waals surface area contributed by atoms with E-state index in [1.807, 2.05) is 13.0 Å². The smallest absolute Gasteiger partial charge is 0.248 e. The van der Waals surface area contributed by atoms with Crippen molar-refractivity contribution in [2.45, 2.75) is 71.2 Å². The molecule has 130 valence electrons. The van der Waals surface area contributed by atoms with Gasteiger partial charge >= 0.3 is 0 Å². The largest absolute Gasteiger partial charge is 0.414 e. The van der Waals surface area contributed by atoms with Crippen molar-refractivity contribution in [2.24, 2.45) is 5.92 Å². The molecule has 0 saturated carbocycles. The van der Waals surface area contributed by atoms with Crippen molar-refractivity contribution >= 4 is 14.2 Å². The van der Waals surface area contributed by atoms with Crippen molar-refractivity contribution in [1.82, 2.24) is 5.06 Å². The van der Waals surface area contributed by atoms with E-state index in [1.54, 1.807) is 7.05 Å². The van der Waals surface area contributed by atoms with E-state index in [0.29, 0.717) is 6.42 Å². The Morgan fingerprint density at radius 1 is 1.36 bits per heavy atom. The zero-order valence-electron chi connectivity index (χ0n) is 15.7. The Labute approximate surface area is 137 Å². The van der Waals surface area contributed by atoms with Gasteiger partial charge in [0.2, 0.25) is 5.91 Å². The third kappa shape index (κ3) is 6.63. The second-order valence-corrected chi connectivity index (χ2v) is 12.3. The van der Waals surface area contributed by atoms with E-state index in [4.69, 9.17) is 9.26 Å². The van der Waals surface area contributed by atoms with Crippen LogP contribution < -0.4 is 0 Å². The molecule has 5 heteroatoms. The first-order valence-electron chi connectivity index (χ1n) is 8.06. The number of hydrogen-bond donors (Lipinski definition) is 0. The first-order chi connectivity index (χ1) is 9.96. The summed E-state index contributed by atoms with van der Waals surface area (Å²) in [5.74, 6) is -0.130. The maximum atomic E-state index is 12.2. The van der Waals surface area contributed by atoms with Gasteiger partial charge in [0.1, 0.15) is 0 Å². The molecular formula is C17H35NO3Si. The molecule has 0 saturated heterocycles. The molecule has 2 atom stereocenters. The molecule has 0 aliphatic rings. The van der Waals surface area contributed by atoms with Crippen molar-refractivity contribution in [3.05, 3.63) is 12.7 Å². The number of nitrogens with zero attached hydrogens (tertiary/aromatic N) is 1. The molecule has 22 heavy (non-hydrogen) atoms. The van der Waals surface area contributed by atoms with Gasteiger partial charge < -0.3 is 4.43 Å².